The van der Waals surface area contributed by atoms with Crippen molar-refractivity contribution < 1.29 is 0 Å². The topological polar surface area (TPSA) is 30.7 Å². The van der Waals surface area contributed by atoms with Gasteiger partial charge in [0.15, 0.2) is 0 Å². The average Bonchev–Trinajstić information content (AvgIpc) is 2.58. The van der Waals surface area contributed by atoms with Crippen LogP contribution in [0.25, 0.3) is 0 Å². The Morgan fingerprint density at radius 3 is 3.09 bits per heavy atom. The van der Waals surface area contributed by atoms with E-state index in [-0.39, 0.29) is 0 Å². The van der Waals surface area contributed by atoms with Gasteiger partial charge in [-0.2, -0.15) is 0 Å². The highest BCUT2D eigenvalue weighted by Crippen LogP contribution is 2.42. The molecular weight excluding hydrogens is 162 g/mol. The predicted octanol–water partition coefficient (Wildman–Crippen LogP) is 1.60. The molecule has 0 amide bonds. The molecule has 2 unspecified atom stereocenters. The maximum atomic E-state index is 5.67. The normalized spacial score (nSPS) is 28.9. The molecule has 11 heavy (non-hydrogen) atoms. The van der Waals surface area contributed by atoms with Crippen molar-refractivity contribution in [3.05, 3.63) is 12.2 Å². The van der Waals surface area contributed by atoms with Crippen molar-refractivity contribution in [2.45, 2.75) is 25.3 Å². The van der Waals surface area contributed by atoms with Gasteiger partial charge in [-0.05, 0) is 12.3 Å². The second kappa shape index (κ2) is 2.48. The molecule has 1 aromatic rings. The molecule has 0 saturated heterocycles. The van der Waals surface area contributed by atoms with Gasteiger partial charge in [-0.15, -0.1) is 21.8 Å². The van der Waals surface area contributed by atoms with Gasteiger partial charge in [0.05, 0.1) is 5.88 Å². The number of halogens is 1. The molecule has 0 N–H and O–H groups in total. The molecule has 4 heteroatoms. The molecule has 0 spiro atoms. The highest BCUT2D eigenvalue weighted by Gasteiger charge is 2.35. The van der Waals surface area contributed by atoms with E-state index in [9.17, 15) is 0 Å². The molecule has 1 heterocycles. The Kier molecular flexibility index (Phi) is 1.60. The van der Waals surface area contributed by atoms with Crippen LogP contribution < -0.4 is 0 Å². The number of hydrogen-bond donors (Lipinski definition) is 0. The van der Waals surface area contributed by atoms with Crippen LogP contribution in [0.5, 0.6) is 0 Å². The largest absolute Gasteiger partial charge is 0.313 e. The first-order valence-electron chi connectivity index (χ1n) is 3.77. The minimum absolute atomic E-state index is 0.462. The molecule has 0 aliphatic heterocycles. The second-order valence-electron chi connectivity index (χ2n) is 3.07. The van der Waals surface area contributed by atoms with Crippen LogP contribution in [0, 0.1) is 5.92 Å². The Labute approximate surface area is 70.4 Å². The zero-order chi connectivity index (χ0) is 7.84. The van der Waals surface area contributed by atoms with Crippen molar-refractivity contribution in [1.82, 2.24) is 14.8 Å². The fraction of sp³-hybridized carbons (Fsp3) is 0.714. The molecule has 1 aromatic heterocycles. The third-order valence-corrected chi connectivity index (χ3v) is 2.43. The minimum Gasteiger partial charge on any atom is -0.313 e. The molecular formula is C7H10ClN3. The second-order valence-corrected chi connectivity index (χ2v) is 3.34. The van der Waals surface area contributed by atoms with E-state index in [0.717, 1.165) is 11.7 Å². The summed E-state index contributed by atoms with van der Waals surface area (Å²) in [7, 11) is 0. The van der Waals surface area contributed by atoms with E-state index < -0.39 is 0 Å². The van der Waals surface area contributed by atoms with Gasteiger partial charge in [-0.3, -0.25) is 0 Å². The van der Waals surface area contributed by atoms with Crippen molar-refractivity contribution in [1.29, 1.82) is 0 Å². The monoisotopic (exact) mass is 171 g/mol. The highest BCUT2D eigenvalue weighted by atomic mass is 35.5. The molecule has 3 nitrogen and oxygen atoms in total. The van der Waals surface area contributed by atoms with Gasteiger partial charge in [0.25, 0.3) is 0 Å². The Morgan fingerprint density at radius 1 is 1.82 bits per heavy atom. The lowest BCUT2D eigenvalue weighted by Crippen LogP contribution is -1.98. The summed E-state index contributed by atoms with van der Waals surface area (Å²) >= 11 is 5.67. The van der Waals surface area contributed by atoms with Crippen molar-refractivity contribution in [3.63, 3.8) is 0 Å². The molecule has 2 rings (SSSR count). The average molecular weight is 172 g/mol. The maximum absolute atomic E-state index is 5.67. The summed E-state index contributed by atoms with van der Waals surface area (Å²) in [5.41, 5.74) is 0. The summed E-state index contributed by atoms with van der Waals surface area (Å²) in [6.07, 6.45) is 3.01. The molecule has 2 atom stereocenters. The standard InChI is InChI=1S/C7H10ClN3/c1-5-2-6(5)11-4-9-10-7(11)3-8/h4-6H,2-3H2,1H3. The lowest BCUT2D eigenvalue weighted by molar-refractivity contribution is 0.658. The van der Waals surface area contributed by atoms with E-state index in [0.29, 0.717) is 11.9 Å². The van der Waals surface area contributed by atoms with E-state index >= 15 is 0 Å². The Morgan fingerprint density at radius 2 is 2.55 bits per heavy atom. The molecule has 1 saturated carbocycles. The molecule has 0 aromatic carbocycles. The number of hydrogen-bond acceptors (Lipinski definition) is 2. The zero-order valence-corrected chi connectivity index (χ0v) is 7.12. The van der Waals surface area contributed by atoms with Gasteiger partial charge in [0, 0.05) is 6.04 Å². The summed E-state index contributed by atoms with van der Waals surface area (Å²) in [6.45, 7) is 2.22. The first-order valence-corrected chi connectivity index (χ1v) is 4.30. The van der Waals surface area contributed by atoms with E-state index in [1.807, 2.05) is 0 Å². The lowest BCUT2D eigenvalue weighted by Gasteiger charge is -2.00. The number of rotatable bonds is 2. The van der Waals surface area contributed by atoms with Gasteiger partial charge in [0.1, 0.15) is 12.2 Å². The number of alkyl halides is 1. The molecule has 1 aliphatic rings. The number of nitrogens with zero attached hydrogens (tertiary/aromatic N) is 3. The molecule has 0 radical (unpaired) electrons. The lowest BCUT2D eigenvalue weighted by atomic mass is 10.5. The third kappa shape index (κ3) is 1.13. The Balaban J connectivity index is 2.23. The van der Waals surface area contributed by atoms with Gasteiger partial charge < -0.3 is 4.57 Å². The van der Waals surface area contributed by atoms with Crippen molar-refractivity contribution >= 4 is 11.6 Å². The summed E-state index contributed by atoms with van der Waals surface area (Å²) in [5, 5.41) is 7.73. The Bertz CT molecular complexity index is 258. The molecule has 60 valence electrons. The predicted molar refractivity (Wildman–Crippen MR) is 42.4 cm³/mol. The molecule has 1 aliphatic carbocycles. The smallest absolute Gasteiger partial charge is 0.148 e. The van der Waals surface area contributed by atoms with Crippen LogP contribution >= 0.6 is 11.6 Å². The van der Waals surface area contributed by atoms with Crippen LogP contribution in [0.3, 0.4) is 0 Å². The fourth-order valence-corrected chi connectivity index (χ4v) is 1.52. The fourth-order valence-electron chi connectivity index (χ4n) is 1.33. The van der Waals surface area contributed by atoms with Gasteiger partial charge >= 0.3 is 0 Å². The summed E-state index contributed by atoms with van der Waals surface area (Å²) in [4.78, 5) is 0. The van der Waals surface area contributed by atoms with Crippen molar-refractivity contribution in [2.75, 3.05) is 0 Å². The molecule has 1 fully saturated rings. The van der Waals surface area contributed by atoms with Crippen LogP contribution in [0.4, 0.5) is 0 Å². The van der Waals surface area contributed by atoms with Gasteiger partial charge in [-0.1, -0.05) is 6.92 Å². The molecule has 0 bridgehead atoms. The van der Waals surface area contributed by atoms with Crippen LogP contribution in [0.15, 0.2) is 6.33 Å². The van der Waals surface area contributed by atoms with Crippen LogP contribution in [0.2, 0.25) is 0 Å². The maximum Gasteiger partial charge on any atom is 0.148 e. The summed E-state index contributed by atoms with van der Waals surface area (Å²) in [5.74, 6) is 2.12. The highest BCUT2D eigenvalue weighted by molar-refractivity contribution is 6.16. The Hall–Kier alpha value is -0.570. The van der Waals surface area contributed by atoms with Crippen molar-refractivity contribution in [3.8, 4) is 0 Å². The zero-order valence-electron chi connectivity index (χ0n) is 6.37. The van der Waals surface area contributed by atoms with Gasteiger partial charge in [0.2, 0.25) is 0 Å². The first-order chi connectivity index (χ1) is 5.33. The quantitative estimate of drug-likeness (QED) is 0.633. The summed E-state index contributed by atoms with van der Waals surface area (Å²) < 4.78 is 2.08. The van der Waals surface area contributed by atoms with E-state index in [1.165, 1.54) is 6.42 Å². The van der Waals surface area contributed by atoms with E-state index in [2.05, 4.69) is 21.7 Å². The van der Waals surface area contributed by atoms with E-state index in [4.69, 9.17) is 11.6 Å². The SMILES string of the molecule is CC1CC1n1cnnc1CCl. The summed E-state index contributed by atoms with van der Waals surface area (Å²) in [6, 6.07) is 0.610. The van der Waals surface area contributed by atoms with Crippen LogP contribution in [-0.4, -0.2) is 14.8 Å². The van der Waals surface area contributed by atoms with Crippen LogP contribution in [0.1, 0.15) is 25.2 Å². The third-order valence-electron chi connectivity index (χ3n) is 2.19. The minimum atomic E-state index is 0.462. The van der Waals surface area contributed by atoms with Crippen LogP contribution in [-0.2, 0) is 5.88 Å². The van der Waals surface area contributed by atoms with Crippen molar-refractivity contribution in [2.24, 2.45) is 5.92 Å². The van der Waals surface area contributed by atoms with Gasteiger partial charge in [-0.25, -0.2) is 0 Å². The van der Waals surface area contributed by atoms with E-state index in [1.54, 1.807) is 6.33 Å². The number of aromatic nitrogens is 3. The first kappa shape index (κ1) is 7.10.